The molecular weight excluding hydrogens is 182 g/mol. The molecule has 0 unspecified atom stereocenters. The van der Waals surface area contributed by atoms with Gasteiger partial charge in [-0.2, -0.15) is 0 Å². The van der Waals surface area contributed by atoms with Gasteiger partial charge in [-0.25, -0.2) is 0 Å². The van der Waals surface area contributed by atoms with Gasteiger partial charge >= 0.3 is 0 Å². The van der Waals surface area contributed by atoms with E-state index in [1.165, 1.54) is 43.2 Å². The van der Waals surface area contributed by atoms with E-state index < -0.39 is 0 Å². The molecule has 0 heterocycles. The molecule has 1 nitrogen and oxygen atoms in total. The molecule has 1 aromatic carbocycles. The molecule has 0 radical (unpaired) electrons. The molecule has 2 aliphatic rings. The Morgan fingerprint density at radius 3 is 2.13 bits per heavy atom. The third-order valence-corrected chi connectivity index (χ3v) is 4.42. The van der Waals surface area contributed by atoms with E-state index in [0.29, 0.717) is 5.41 Å². The Kier molecular flexibility index (Phi) is 1.79. The van der Waals surface area contributed by atoms with Crippen LogP contribution in [0.25, 0.3) is 0 Å². The van der Waals surface area contributed by atoms with Crippen LogP contribution in [0.1, 0.15) is 43.2 Å². The zero-order valence-corrected chi connectivity index (χ0v) is 9.42. The van der Waals surface area contributed by atoms with Gasteiger partial charge in [-0.1, -0.05) is 36.2 Å². The lowest BCUT2D eigenvalue weighted by Crippen LogP contribution is -2.58. The lowest BCUT2D eigenvalue weighted by molar-refractivity contribution is -0.0462. The van der Waals surface area contributed by atoms with Gasteiger partial charge in [0.15, 0.2) is 0 Å². The highest BCUT2D eigenvalue weighted by Gasteiger charge is 2.55. The predicted molar refractivity (Wildman–Crippen MR) is 62.6 cm³/mol. The van der Waals surface area contributed by atoms with Crippen LogP contribution in [0, 0.1) is 12.3 Å². The van der Waals surface area contributed by atoms with Gasteiger partial charge in [-0.15, -0.1) is 0 Å². The van der Waals surface area contributed by atoms with Gasteiger partial charge in [0.25, 0.3) is 0 Å². The van der Waals surface area contributed by atoms with Crippen molar-refractivity contribution in [3.8, 4) is 0 Å². The summed E-state index contributed by atoms with van der Waals surface area (Å²) in [5.74, 6) is 0. The molecule has 2 fully saturated rings. The van der Waals surface area contributed by atoms with Crippen molar-refractivity contribution in [2.45, 2.75) is 44.6 Å². The van der Waals surface area contributed by atoms with E-state index in [1.807, 2.05) is 0 Å². The molecule has 2 saturated carbocycles. The maximum atomic E-state index is 6.46. The normalized spacial score (nSPS) is 25.7. The Hall–Kier alpha value is -0.820. The molecule has 3 rings (SSSR count). The number of rotatable bonds is 1. The Morgan fingerprint density at radius 2 is 1.67 bits per heavy atom. The van der Waals surface area contributed by atoms with Crippen LogP contribution >= 0.6 is 0 Å². The average Bonchev–Trinajstić information content (AvgIpc) is 2.11. The van der Waals surface area contributed by atoms with Crippen LogP contribution < -0.4 is 5.73 Å². The van der Waals surface area contributed by atoms with Crippen LogP contribution in [0.4, 0.5) is 0 Å². The Balaban J connectivity index is 1.80. The van der Waals surface area contributed by atoms with Crippen molar-refractivity contribution in [2.24, 2.45) is 11.1 Å². The Bertz CT molecular complexity index is 365. The highest BCUT2D eigenvalue weighted by molar-refractivity contribution is 5.32. The summed E-state index contributed by atoms with van der Waals surface area (Å²) in [7, 11) is 0. The molecule has 0 bridgehead atoms. The van der Waals surface area contributed by atoms with Crippen LogP contribution in [-0.4, -0.2) is 0 Å². The second kappa shape index (κ2) is 2.85. The molecule has 2 N–H and O–H groups in total. The number of benzene rings is 1. The molecule has 80 valence electrons. The van der Waals surface area contributed by atoms with E-state index >= 15 is 0 Å². The lowest BCUT2D eigenvalue weighted by Gasteiger charge is -2.60. The quantitative estimate of drug-likeness (QED) is 0.742. The Labute approximate surface area is 91.7 Å². The number of aryl methyl sites for hydroxylation is 1. The van der Waals surface area contributed by atoms with Crippen molar-refractivity contribution >= 4 is 0 Å². The second-order valence-corrected chi connectivity index (χ2v) is 5.73. The molecule has 0 aliphatic heterocycles. The first-order valence-electron chi connectivity index (χ1n) is 5.98. The molecule has 0 saturated heterocycles. The first-order chi connectivity index (χ1) is 7.12. The average molecular weight is 201 g/mol. The lowest BCUT2D eigenvalue weighted by atomic mass is 9.47. The van der Waals surface area contributed by atoms with E-state index in [4.69, 9.17) is 5.73 Å². The fourth-order valence-corrected chi connectivity index (χ4v) is 3.41. The van der Waals surface area contributed by atoms with Crippen molar-refractivity contribution in [3.63, 3.8) is 0 Å². The van der Waals surface area contributed by atoms with E-state index in [-0.39, 0.29) is 5.54 Å². The minimum absolute atomic E-state index is 0.00583. The number of nitrogens with two attached hydrogens (primary N) is 1. The van der Waals surface area contributed by atoms with Crippen molar-refractivity contribution in [1.82, 2.24) is 0 Å². The summed E-state index contributed by atoms with van der Waals surface area (Å²) in [6, 6.07) is 8.77. The summed E-state index contributed by atoms with van der Waals surface area (Å²) in [5, 5.41) is 0. The molecule has 2 aliphatic carbocycles. The Morgan fingerprint density at radius 1 is 1.07 bits per heavy atom. The highest BCUT2D eigenvalue weighted by atomic mass is 14.8. The minimum atomic E-state index is -0.00583. The van der Waals surface area contributed by atoms with Crippen LogP contribution in [0.15, 0.2) is 24.3 Å². The standard InChI is InChI=1S/C14H19N/c1-11-3-5-12(6-4-11)14(15)9-13(10-14)7-2-8-13/h3-6H,2,7-10,15H2,1H3. The minimum Gasteiger partial charge on any atom is -0.321 e. The molecule has 1 aromatic rings. The summed E-state index contributed by atoms with van der Waals surface area (Å²) >= 11 is 0. The summed E-state index contributed by atoms with van der Waals surface area (Å²) in [4.78, 5) is 0. The molecule has 0 aromatic heterocycles. The summed E-state index contributed by atoms with van der Waals surface area (Å²) < 4.78 is 0. The fraction of sp³-hybridized carbons (Fsp3) is 0.571. The van der Waals surface area contributed by atoms with Gasteiger partial charge < -0.3 is 5.73 Å². The van der Waals surface area contributed by atoms with Gasteiger partial charge in [0.2, 0.25) is 0 Å². The van der Waals surface area contributed by atoms with Gasteiger partial charge in [-0.05, 0) is 43.6 Å². The highest BCUT2D eigenvalue weighted by Crippen LogP contribution is 2.62. The molecule has 1 heteroatoms. The van der Waals surface area contributed by atoms with E-state index in [0.717, 1.165) is 0 Å². The largest absolute Gasteiger partial charge is 0.321 e. The van der Waals surface area contributed by atoms with Gasteiger partial charge in [0.05, 0.1) is 0 Å². The van der Waals surface area contributed by atoms with Gasteiger partial charge in [-0.3, -0.25) is 0 Å². The van der Waals surface area contributed by atoms with E-state index in [1.54, 1.807) is 0 Å². The van der Waals surface area contributed by atoms with E-state index in [9.17, 15) is 0 Å². The van der Waals surface area contributed by atoms with Crippen molar-refractivity contribution in [1.29, 1.82) is 0 Å². The first-order valence-corrected chi connectivity index (χ1v) is 5.98. The maximum Gasteiger partial charge on any atom is 0.0420 e. The van der Waals surface area contributed by atoms with Crippen molar-refractivity contribution in [3.05, 3.63) is 35.4 Å². The van der Waals surface area contributed by atoms with Crippen LogP contribution in [0.2, 0.25) is 0 Å². The van der Waals surface area contributed by atoms with Crippen molar-refractivity contribution < 1.29 is 0 Å². The van der Waals surface area contributed by atoms with Crippen LogP contribution in [0.5, 0.6) is 0 Å². The summed E-state index contributed by atoms with van der Waals surface area (Å²) in [5.41, 5.74) is 9.76. The number of hydrogen-bond donors (Lipinski definition) is 1. The van der Waals surface area contributed by atoms with Gasteiger partial charge in [0, 0.05) is 5.54 Å². The monoisotopic (exact) mass is 201 g/mol. The smallest absolute Gasteiger partial charge is 0.0420 e. The topological polar surface area (TPSA) is 26.0 Å². The predicted octanol–water partition coefficient (Wildman–Crippen LogP) is 3.11. The van der Waals surface area contributed by atoms with E-state index in [2.05, 4.69) is 31.2 Å². The third-order valence-electron chi connectivity index (χ3n) is 4.42. The molecule has 15 heavy (non-hydrogen) atoms. The summed E-state index contributed by atoms with van der Waals surface area (Å²) in [6.07, 6.45) is 6.67. The van der Waals surface area contributed by atoms with Gasteiger partial charge in [0.1, 0.15) is 0 Å². The molecule has 1 spiro atoms. The molecule has 0 amide bonds. The van der Waals surface area contributed by atoms with Crippen LogP contribution in [0.3, 0.4) is 0 Å². The summed E-state index contributed by atoms with van der Waals surface area (Å²) in [6.45, 7) is 2.13. The van der Waals surface area contributed by atoms with Crippen molar-refractivity contribution in [2.75, 3.05) is 0 Å². The first kappa shape index (κ1) is 9.41. The van der Waals surface area contributed by atoms with Crippen LogP contribution in [-0.2, 0) is 5.54 Å². The maximum absolute atomic E-state index is 6.46. The SMILES string of the molecule is Cc1ccc(C2(N)CC3(CCC3)C2)cc1. The number of hydrogen-bond acceptors (Lipinski definition) is 1. The fourth-order valence-electron chi connectivity index (χ4n) is 3.41. The molecule has 0 atom stereocenters. The zero-order chi connectivity index (χ0) is 10.5. The third kappa shape index (κ3) is 1.33. The zero-order valence-electron chi connectivity index (χ0n) is 9.42. The second-order valence-electron chi connectivity index (χ2n) is 5.73. The molecular formula is C14H19N.